The van der Waals surface area contributed by atoms with Crippen molar-refractivity contribution in [3.8, 4) is 11.3 Å². The number of benzene rings is 1. The van der Waals surface area contributed by atoms with Gasteiger partial charge in [0.15, 0.2) is 5.52 Å². The molecule has 0 aliphatic carbocycles. The summed E-state index contributed by atoms with van der Waals surface area (Å²) in [5, 5.41) is 9.19. The fourth-order valence-electron chi connectivity index (χ4n) is 2.70. The van der Waals surface area contributed by atoms with Gasteiger partial charge in [0.05, 0.1) is 11.9 Å². The number of pyridine rings is 1. The van der Waals surface area contributed by atoms with E-state index in [1.165, 1.54) is 4.68 Å². The fraction of sp³-hybridized carbons (Fsp3) is 0.111. The Morgan fingerprint density at radius 1 is 1.08 bits per heavy atom. The van der Waals surface area contributed by atoms with E-state index in [9.17, 15) is 4.79 Å². The maximum absolute atomic E-state index is 12.7. The SMILES string of the molecule is Cc1onc2c(=O)n(Cc3ccncc3)nc(-c3ccccc3)c12. The van der Waals surface area contributed by atoms with Gasteiger partial charge in [-0.05, 0) is 24.6 Å². The highest BCUT2D eigenvalue weighted by Crippen LogP contribution is 2.26. The van der Waals surface area contributed by atoms with Gasteiger partial charge in [-0.3, -0.25) is 9.78 Å². The fourth-order valence-corrected chi connectivity index (χ4v) is 2.70. The summed E-state index contributed by atoms with van der Waals surface area (Å²) >= 11 is 0. The second kappa shape index (κ2) is 5.73. The largest absolute Gasteiger partial charge is 0.360 e. The van der Waals surface area contributed by atoms with Crippen molar-refractivity contribution in [3.05, 3.63) is 76.5 Å². The van der Waals surface area contributed by atoms with E-state index in [0.29, 0.717) is 28.9 Å². The molecule has 0 bridgehead atoms. The van der Waals surface area contributed by atoms with Gasteiger partial charge in [0.1, 0.15) is 11.5 Å². The lowest BCUT2D eigenvalue weighted by Crippen LogP contribution is -2.24. The van der Waals surface area contributed by atoms with Crippen LogP contribution in [0.4, 0.5) is 0 Å². The molecule has 3 aromatic heterocycles. The molecule has 0 spiro atoms. The first-order valence-electron chi connectivity index (χ1n) is 7.55. The van der Waals surface area contributed by atoms with E-state index in [0.717, 1.165) is 11.1 Å². The van der Waals surface area contributed by atoms with Crippen LogP contribution >= 0.6 is 0 Å². The first-order chi connectivity index (χ1) is 11.7. The average molecular weight is 318 g/mol. The van der Waals surface area contributed by atoms with E-state index in [4.69, 9.17) is 4.52 Å². The molecule has 4 rings (SSSR count). The first-order valence-corrected chi connectivity index (χ1v) is 7.55. The second-order valence-electron chi connectivity index (χ2n) is 5.50. The number of hydrogen-bond acceptors (Lipinski definition) is 5. The molecule has 4 aromatic rings. The van der Waals surface area contributed by atoms with Gasteiger partial charge in [-0.2, -0.15) is 5.10 Å². The molecule has 0 radical (unpaired) electrons. The van der Waals surface area contributed by atoms with E-state index in [-0.39, 0.29) is 5.56 Å². The van der Waals surface area contributed by atoms with Crippen molar-refractivity contribution in [2.75, 3.05) is 0 Å². The number of rotatable bonds is 3. The van der Waals surface area contributed by atoms with Gasteiger partial charge in [-0.1, -0.05) is 35.5 Å². The van der Waals surface area contributed by atoms with Crippen LogP contribution in [0.15, 0.2) is 64.2 Å². The van der Waals surface area contributed by atoms with Crippen molar-refractivity contribution >= 4 is 10.9 Å². The number of nitrogens with zero attached hydrogens (tertiary/aromatic N) is 4. The van der Waals surface area contributed by atoms with Gasteiger partial charge >= 0.3 is 0 Å². The zero-order valence-corrected chi connectivity index (χ0v) is 13.0. The maximum Gasteiger partial charge on any atom is 0.297 e. The molecule has 24 heavy (non-hydrogen) atoms. The zero-order valence-electron chi connectivity index (χ0n) is 13.0. The van der Waals surface area contributed by atoms with Gasteiger partial charge in [0.25, 0.3) is 5.56 Å². The molecule has 1 aromatic carbocycles. The van der Waals surface area contributed by atoms with Crippen molar-refractivity contribution in [1.29, 1.82) is 0 Å². The van der Waals surface area contributed by atoms with Gasteiger partial charge in [0, 0.05) is 18.0 Å². The van der Waals surface area contributed by atoms with Gasteiger partial charge < -0.3 is 4.52 Å². The summed E-state index contributed by atoms with van der Waals surface area (Å²) in [5.41, 5.74) is 2.59. The van der Waals surface area contributed by atoms with Crippen molar-refractivity contribution in [1.82, 2.24) is 19.9 Å². The lowest BCUT2D eigenvalue weighted by Gasteiger charge is -2.08. The van der Waals surface area contributed by atoms with E-state index in [2.05, 4.69) is 15.2 Å². The van der Waals surface area contributed by atoms with Crippen molar-refractivity contribution in [2.45, 2.75) is 13.5 Å². The Kier molecular flexibility index (Phi) is 3.42. The molecular weight excluding hydrogens is 304 g/mol. The molecule has 0 aliphatic heterocycles. The van der Waals surface area contributed by atoms with Crippen LogP contribution in [0.3, 0.4) is 0 Å². The molecule has 6 nitrogen and oxygen atoms in total. The lowest BCUT2D eigenvalue weighted by atomic mass is 10.1. The number of aryl methyl sites for hydroxylation is 1. The van der Waals surface area contributed by atoms with Crippen LogP contribution < -0.4 is 5.56 Å². The quantitative estimate of drug-likeness (QED) is 0.581. The molecule has 0 saturated carbocycles. The van der Waals surface area contributed by atoms with Crippen LogP contribution in [-0.4, -0.2) is 19.9 Å². The molecule has 0 atom stereocenters. The predicted molar refractivity (Wildman–Crippen MR) is 89.6 cm³/mol. The third kappa shape index (κ3) is 2.38. The Hall–Kier alpha value is -3.28. The normalized spacial score (nSPS) is 11.0. The molecule has 0 fully saturated rings. The minimum Gasteiger partial charge on any atom is -0.360 e. The summed E-state index contributed by atoms with van der Waals surface area (Å²) in [4.78, 5) is 16.7. The van der Waals surface area contributed by atoms with Crippen LogP contribution in [0.5, 0.6) is 0 Å². The standard InChI is InChI=1S/C18H14N4O2/c1-12-15-16(14-5-3-2-4-6-14)20-22(18(23)17(15)21-24-12)11-13-7-9-19-10-8-13/h2-10H,11H2,1H3. The van der Waals surface area contributed by atoms with Crippen molar-refractivity contribution in [3.63, 3.8) is 0 Å². The molecule has 0 aliphatic rings. The van der Waals surface area contributed by atoms with Crippen molar-refractivity contribution < 1.29 is 4.52 Å². The summed E-state index contributed by atoms with van der Waals surface area (Å²) in [6.07, 6.45) is 3.38. The van der Waals surface area contributed by atoms with Gasteiger partial charge in [-0.15, -0.1) is 0 Å². The number of fused-ring (bicyclic) bond motifs is 1. The Morgan fingerprint density at radius 2 is 1.83 bits per heavy atom. The summed E-state index contributed by atoms with van der Waals surface area (Å²) in [7, 11) is 0. The highest BCUT2D eigenvalue weighted by molar-refractivity contribution is 5.92. The maximum atomic E-state index is 12.7. The summed E-state index contributed by atoms with van der Waals surface area (Å²) in [6, 6.07) is 13.4. The van der Waals surface area contributed by atoms with E-state index in [1.54, 1.807) is 19.3 Å². The Morgan fingerprint density at radius 3 is 2.58 bits per heavy atom. The molecule has 118 valence electrons. The van der Waals surface area contributed by atoms with Crippen LogP contribution in [0.25, 0.3) is 22.2 Å². The molecule has 0 amide bonds. The Balaban J connectivity index is 1.96. The number of aromatic nitrogens is 4. The summed E-state index contributed by atoms with van der Waals surface area (Å²) in [5.74, 6) is 0.588. The third-order valence-corrected chi connectivity index (χ3v) is 3.89. The van der Waals surface area contributed by atoms with Crippen LogP contribution in [0, 0.1) is 6.92 Å². The highest BCUT2D eigenvalue weighted by atomic mass is 16.5. The van der Waals surface area contributed by atoms with Crippen LogP contribution in [0.2, 0.25) is 0 Å². The molecule has 3 heterocycles. The monoisotopic (exact) mass is 318 g/mol. The smallest absolute Gasteiger partial charge is 0.297 e. The molecular formula is C18H14N4O2. The first kappa shape index (κ1) is 14.3. The topological polar surface area (TPSA) is 73.8 Å². The van der Waals surface area contributed by atoms with Crippen LogP contribution in [0.1, 0.15) is 11.3 Å². The van der Waals surface area contributed by atoms with Gasteiger partial charge in [0.2, 0.25) is 0 Å². The van der Waals surface area contributed by atoms with E-state index in [1.807, 2.05) is 42.5 Å². The lowest BCUT2D eigenvalue weighted by molar-refractivity contribution is 0.405. The second-order valence-corrected chi connectivity index (χ2v) is 5.50. The van der Waals surface area contributed by atoms with E-state index >= 15 is 0 Å². The van der Waals surface area contributed by atoms with Crippen LogP contribution in [-0.2, 0) is 6.54 Å². The molecule has 0 saturated heterocycles. The third-order valence-electron chi connectivity index (χ3n) is 3.89. The highest BCUT2D eigenvalue weighted by Gasteiger charge is 2.18. The predicted octanol–water partition coefficient (Wildman–Crippen LogP) is 2.80. The average Bonchev–Trinajstić information content (AvgIpc) is 3.01. The summed E-state index contributed by atoms with van der Waals surface area (Å²) in [6.45, 7) is 2.14. The minimum atomic E-state index is -0.265. The molecule has 6 heteroatoms. The molecule has 0 unspecified atom stereocenters. The summed E-state index contributed by atoms with van der Waals surface area (Å²) < 4.78 is 6.67. The molecule has 0 N–H and O–H groups in total. The number of hydrogen-bond donors (Lipinski definition) is 0. The van der Waals surface area contributed by atoms with Gasteiger partial charge in [-0.25, -0.2) is 4.68 Å². The zero-order chi connectivity index (χ0) is 16.5. The minimum absolute atomic E-state index is 0.265. The Labute approximate surface area is 137 Å². The Bertz CT molecular complexity index is 1050. The van der Waals surface area contributed by atoms with E-state index < -0.39 is 0 Å². The van der Waals surface area contributed by atoms with Crippen molar-refractivity contribution in [2.24, 2.45) is 0 Å².